The smallest absolute Gasteiger partial charge is 0.253 e. The molecule has 7 heteroatoms. The number of rotatable bonds is 8. The second kappa shape index (κ2) is 10.9. The Morgan fingerprint density at radius 2 is 2.00 bits per heavy atom. The molecule has 1 aliphatic heterocycles. The molecule has 2 aromatic rings. The fraction of sp³-hybridized carbons (Fsp3) is 0.417. The maximum Gasteiger partial charge on any atom is 0.253 e. The molecule has 166 valence electrons. The molecular formula is C24H32N4O3. The first-order valence-electron chi connectivity index (χ1n) is 10.8. The van der Waals surface area contributed by atoms with E-state index in [0.29, 0.717) is 32.2 Å². The van der Waals surface area contributed by atoms with E-state index >= 15 is 0 Å². The predicted molar refractivity (Wildman–Crippen MR) is 123 cm³/mol. The molecule has 1 fully saturated rings. The van der Waals surface area contributed by atoms with E-state index in [2.05, 4.69) is 20.9 Å². The molecule has 0 spiro atoms. The van der Waals surface area contributed by atoms with E-state index in [1.165, 1.54) is 0 Å². The molecule has 31 heavy (non-hydrogen) atoms. The number of anilines is 1. The quantitative estimate of drug-likeness (QED) is 0.386. The molecule has 2 unspecified atom stereocenters. The summed E-state index contributed by atoms with van der Waals surface area (Å²) in [7, 11) is 0. The highest BCUT2D eigenvalue weighted by Gasteiger charge is 2.24. The van der Waals surface area contributed by atoms with Crippen molar-refractivity contribution in [1.29, 1.82) is 0 Å². The molecule has 2 aromatic carbocycles. The zero-order valence-electron chi connectivity index (χ0n) is 18.2. The molecule has 1 amide bonds. The number of nitrogens with zero attached hydrogens (tertiary/aromatic N) is 1. The molecule has 4 N–H and O–H groups in total. The van der Waals surface area contributed by atoms with Crippen molar-refractivity contribution >= 4 is 17.6 Å². The van der Waals surface area contributed by atoms with Crippen molar-refractivity contribution < 1.29 is 14.6 Å². The van der Waals surface area contributed by atoms with Gasteiger partial charge in [0.15, 0.2) is 5.96 Å². The van der Waals surface area contributed by atoms with Crippen molar-refractivity contribution in [2.45, 2.75) is 44.9 Å². The number of nitrogens with one attached hydrogen (secondary N) is 3. The van der Waals surface area contributed by atoms with Crippen LogP contribution in [0.15, 0.2) is 59.6 Å². The SMILES string of the molecule is CCNC(=NCc1cccc(NC(=O)C2CCCO2)c1)NCC(C)(O)c1ccccc1. The van der Waals surface area contributed by atoms with Gasteiger partial charge in [0.2, 0.25) is 0 Å². The topological polar surface area (TPSA) is 95.0 Å². The Morgan fingerprint density at radius 3 is 2.71 bits per heavy atom. The minimum absolute atomic E-state index is 0.101. The Balaban J connectivity index is 1.60. The lowest BCUT2D eigenvalue weighted by atomic mass is 9.96. The van der Waals surface area contributed by atoms with Gasteiger partial charge in [-0.3, -0.25) is 4.79 Å². The summed E-state index contributed by atoms with van der Waals surface area (Å²) in [6, 6.07) is 17.2. The first-order chi connectivity index (χ1) is 15.0. The van der Waals surface area contributed by atoms with E-state index in [9.17, 15) is 9.90 Å². The van der Waals surface area contributed by atoms with Gasteiger partial charge in [-0.05, 0) is 49.9 Å². The van der Waals surface area contributed by atoms with E-state index in [1.807, 2.05) is 61.5 Å². The lowest BCUT2D eigenvalue weighted by Crippen LogP contribution is -2.44. The Morgan fingerprint density at radius 1 is 1.19 bits per heavy atom. The Labute approximate surface area is 183 Å². The standard InChI is InChI=1S/C24H32N4O3/c1-3-25-23(27-17-24(2,30)19-10-5-4-6-11-19)26-16-18-9-7-12-20(15-18)28-22(29)21-13-8-14-31-21/h4-7,9-12,15,21,30H,3,8,13-14,16-17H2,1-2H3,(H,28,29)(H2,25,26,27). The molecule has 0 bridgehead atoms. The highest BCUT2D eigenvalue weighted by Crippen LogP contribution is 2.19. The summed E-state index contributed by atoms with van der Waals surface area (Å²) in [5, 5.41) is 20.1. The van der Waals surface area contributed by atoms with Gasteiger partial charge < -0.3 is 25.8 Å². The van der Waals surface area contributed by atoms with Crippen LogP contribution in [0.3, 0.4) is 0 Å². The molecule has 1 aliphatic rings. The summed E-state index contributed by atoms with van der Waals surface area (Å²) < 4.78 is 5.44. The monoisotopic (exact) mass is 424 g/mol. The van der Waals surface area contributed by atoms with E-state index in [-0.39, 0.29) is 12.0 Å². The van der Waals surface area contributed by atoms with Crippen LogP contribution in [0.5, 0.6) is 0 Å². The number of guanidine groups is 1. The van der Waals surface area contributed by atoms with Crippen LogP contribution < -0.4 is 16.0 Å². The van der Waals surface area contributed by atoms with Crippen LogP contribution in [-0.2, 0) is 21.7 Å². The molecule has 0 saturated carbocycles. The summed E-state index contributed by atoms with van der Waals surface area (Å²) in [5.41, 5.74) is 1.52. The predicted octanol–water partition coefficient (Wildman–Crippen LogP) is 2.77. The summed E-state index contributed by atoms with van der Waals surface area (Å²) in [4.78, 5) is 16.9. The number of hydrogen-bond donors (Lipinski definition) is 4. The van der Waals surface area contributed by atoms with Crippen molar-refractivity contribution in [3.63, 3.8) is 0 Å². The van der Waals surface area contributed by atoms with Gasteiger partial charge in [-0.1, -0.05) is 42.5 Å². The summed E-state index contributed by atoms with van der Waals surface area (Å²) in [5.74, 6) is 0.517. The Kier molecular flexibility index (Phi) is 8.03. The van der Waals surface area contributed by atoms with Crippen LogP contribution in [0, 0.1) is 0 Å². The molecule has 2 atom stereocenters. The second-order valence-electron chi connectivity index (χ2n) is 7.88. The van der Waals surface area contributed by atoms with Crippen LogP contribution in [-0.4, -0.2) is 42.8 Å². The fourth-order valence-corrected chi connectivity index (χ4v) is 3.42. The third-order valence-corrected chi connectivity index (χ3v) is 5.18. The maximum atomic E-state index is 12.3. The number of aliphatic imine (C=N–C) groups is 1. The van der Waals surface area contributed by atoms with Crippen LogP contribution in [0.25, 0.3) is 0 Å². The zero-order valence-corrected chi connectivity index (χ0v) is 18.2. The zero-order chi connectivity index (χ0) is 22.1. The van der Waals surface area contributed by atoms with E-state index in [1.54, 1.807) is 6.92 Å². The van der Waals surface area contributed by atoms with Gasteiger partial charge in [0.25, 0.3) is 5.91 Å². The van der Waals surface area contributed by atoms with Crippen LogP contribution >= 0.6 is 0 Å². The second-order valence-corrected chi connectivity index (χ2v) is 7.88. The van der Waals surface area contributed by atoms with Gasteiger partial charge in [0.05, 0.1) is 13.1 Å². The van der Waals surface area contributed by atoms with E-state index in [4.69, 9.17) is 4.74 Å². The highest BCUT2D eigenvalue weighted by molar-refractivity contribution is 5.94. The molecule has 0 aromatic heterocycles. The number of benzene rings is 2. The van der Waals surface area contributed by atoms with Crippen molar-refractivity contribution in [2.75, 3.05) is 25.0 Å². The molecule has 0 radical (unpaired) electrons. The maximum absolute atomic E-state index is 12.3. The lowest BCUT2D eigenvalue weighted by Gasteiger charge is -2.25. The molecule has 3 rings (SSSR count). The third kappa shape index (κ3) is 6.80. The molecule has 0 aliphatic carbocycles. The number of aliphatic hydroxyl groups is 1. The first kappa shape index (κ1) is 22.8. The van der Waals surface area contributed by atoms with Gasteiger partial charge >= 0.3 is 0 Å². The minimum atomic E-state index is -1.02. The average Bonchev–Trinajstić information content (AvgIpc) is 3.32. The molecule has 1 heterocycles. The van der Waals surface area contributed by atoms with Gasteiger partial charge in [-0.2, -0.15) is 0 Å². The van der Waals surface area contributed by atoms with Gasteiger partial charge in [0, 0.05) is 18.8 Å². The van der Waals surface area contributed by atoms with Gasteiger partial charge in [0.1, 0.15) is 11.7 Å². The normalized spacial score (nSPS) is 18.3. The summed E-state index contributed by atoms with van der Waals surface area (Å²) in [6.07, 6.45) is 1.33. The molecule has 1 saturated heterocycles. The average molecular weight is 425 g/mol. The van der Waals surface area contributed by atoms with Crippen LogP contribution in [0.2, 0.25) is 0 Å². The number of ether oxygens (including phenoxy) is 1. The van der Waals surface area contributed by atoms with Gasteiger partial charge in [-0.25, -0.2) is 4.99 Å². The number of hydrogen-bond acceptors (Lipinski definition) is 4. The third-order valence-electron chi connectivity index (χ3n) is 5.18. The number of carbonyl (C=O) groups excluding carboxylic acids is 1. The minimum Gasteiger partial charge on any atom is -0.384 e. The van der Waals surface area contributed by atoms with Crippen molar-refractivity contribution in [3.05, 3.63) is 65.7 Å². The Hall–Kier alpha value is -2.90. The van der Waals surface area contributed by atoms with Crippen molar-refractivity contribution in [2.24, 2.45) is 4.99 Å². The molecular weight excluding hydrogens is 392 g/mol. The van der Waals surface area contributed by atoms with Crippen LogP contribution in [0.4, 0.5) is 5.69 Å². The van der Waals surface area contributed by atoms with E-state index < -0.39 is 5.60 Å². The van der Waals surface area contributed by atoms with E-state index in [0.717, 1.165) is 29.7 Å². The molecule has 7 nitrogen and oxygen atoms in total. The summed E-state index contributed by atoms with van der Waals surface area (Å²) >= 11 is 0. The van der Waals surface area contributed by atoms with Crippen molar-refractivity contribution in [3.8, 4) is 0 Å². The fourth-order valence-electron chi connectivity index (χ4n) is 3.42. The highest BCUT2D eigenvalue weighted by atomic mass is 16.5. The van der Waals surface area contributed by atoms with Crippen LogP contribution in [0.1, 0.15) is 37.8 Å². The van der Waals surface area contributed by atoms with Gasteiger partial charge in [-0.15, -0.1) is 0 Å². The number of carbonyl (C=O) groups is 1. The summed E-state index contributed by atoms with van der Waals surface area (Å²) in [6.45, 7) is 5.88. The lowest BCUT2D eigenvalue weighted by molar-refractivity contribution is -0.124. The largest absolute Gasteiger partial charge is 0.384 e. The first-order valence-corrected chi connectivity index (χ1v) is 10.8. The Bertz CT molecular complexity index is 877. The van der Waals surface area contributed by atoms with Crippen molar-refractivity contribution in [1.82, 2.24) is 10.6 Å². The number of amides is 1.